The third-order valence-corrected chi connectivity index (χ3v) is 19.2. The van der Waals surface area contributed by atoms with Gasteiger partial charge in [0.25, 0.3) is 0 Å². The van der Waals surface area contributed by atoms with E-state index in [9.17, 15) is 0 Å². The van der Waals surface area contributed by atoms with Crippen LogP contribution in [0.1, 0.15) is 41.2 Å². The Balaban J connectivity index is 0.000000180. The second kappa shape index (κ2) is 23.9. The van der Waals surface area contributed by atoms with E-state index in [0.29, 0.717) is 13.5 Å². The lowest BCUT2D eigenvalue weighted by atomic mass is 10.0. The van der Waals surface area contributed by atoms with Gasteiger partial charge in [0.05, 0.1) is 46.9 Å². The van der Waals surface area contributed by atoms with Gasteiger partial charge in [-0.2, -0.15) is 10.2 Å². The van der Waals surface area contributed by atoms with E-state index in [1.54, 1.807) is 42.7 Å². The zero-order chi connectivity index (χ0) is 55.8. The van der Waals surface area contributed by atoms with E-state index >= 15 is 0 Å². The van der Waals surface area contributed by atoms with Crippen molar-refractivity contribution in [2.75, 3.05) is 24.7 Å². The number of aromatic amines is 1. The van der Waals surface area contributed by atoms with Gasteiger partial charge in [0.1, 0.15) is 24.5 Å². The SMILES string of the molecule is C.CC(C)O.CC(C)n1cc(-c2cc(-c3cc4ccccc4s3)c3c(cnn3COCC[Si](C)(C)C)c2)c2nc(N)ncc21.C[Si](C)(C)CCOCn1ncc2cc(-c3c[nH]c4cnc(N)nc34)cc(-c3cc4ccccc4s3)c21. The minimum absolute atomic E-state index is 0. The zero-order valence-corrected chi connectivity index (χ0v) is 50.3. The molecule has 80 heavy (non-hydrogen) atoms. The van der Waals surface area contributed by atoms with Crippen molar-refractivity contribution < 1.29 is 14.6 Å². The summed E-state index contributed by atoms with van der Waals surface area (Å²) in [5, 5.41) is 22.2. The number of aliphatic hydroxyl groups excluding tert-OH is 1. The molecule has 0 spiro atoms. The molecule has 416 valence electrons. The molecule has 19 heteroatoms. The topological polar surface area (TPSA) is 199 Å². The average Bonchev–Trinajstić information content (AvgIpc) is 4.30. The number of H-pyrrole nitrogens is 1. The standard InChI is InChI=1S/C30H34N6OSSi.C27H28N6OSSi.C3H8O.CH4/c1-19(2)35-17-24(28-25(35)16-32-30(31)34-28)21-12-22-15-33-36(18-37-10-11-39(3,4)5)29(22)23(13-21)27-14-20-8-6-7-9-26(20)38-27;1-36(2,3)9-8-34-16-33-26-19(13-31-33)10-18(21-14-29-22-15-30-27(28)32-25(21)22)11-20(26)24-12-17-6-4-5-7-23(17)35-24;1-3(2)4;/h6-9,12-17,19H,10-11,18H2,1-5H3,(H2,31,32,34);4-7,10-15,29H,8-9,16H2,1-3H3,(H2,28,30,32);3-4H,1-2H3;1H4. The summed E-state index contributed by atoms with van der Waals surface area (Å²) in [4.78, 5) is 23.2. The van der Waals surface area contributed by atoms with Crippen LogP contribution in [0.15, 0.2) is 122 Å². The minimum Gasteiger partial charge on any atom is -0.394 e. The molecule has 0 saturated carbocycles. The van der Waals surface area contributed by atoms with Crippen molar-refractivity contribution in [1.82, 2.24) is 49.0 Å². The number of benzene rings is 4. The highest BCUT2D eigenvalue weighted by atomic mass is 32.1. The predicted octanol–water partition coefficient (Wildman–Crippen LogP) is 15.6. The van der Waals surface area contributed by atoms with Gasteiger partial charge in [0.15, 0.2) is 0 Å². The molecule has 4 aromatic carbocycles. The summed E-state index contributed by atoms with van der Waals surface area (Å²) in [6, 6.07) is 32.9. The summed E-state index contributed by atoms with van der Waals surface area (Å²) in [7, 11) is -2.32. The number of thiophene rings is 2. The monoisotopic (exact) mass is 1140 g/mol. The van der Waals surface area contributed by atoms with E-state index in [1.165, 1.54) is 29.9 Å². The smallest absolute Gasteiger partial charge is 0.220 e. The van der Waals surface area contributed by atoms with E-state index in [2.05, 4.69) is 174 Å². The fourth-order valence-corrected chi connectivity index (χ4v) is 13.1. The molecular formula is C61H74N12O3S2Si2. The first-order valence-electron chi connectivity index (χ1n) is 26.8. The number of hydrogen-bond acceptors (Lipinski definition) is 13. The van der Waals surface area contributed by atoms with Crippen molar-refractivity contribution in [1.29, 1.82) is 0 Å². The first-order valence-corrected chi connectivity index (χ1v) is 35.9. The van der Waals surface area contributed by atoms with Crippen LogP contribution in [0.5, 0.6) is 0 Å². The number of aliphatic hydroxyl groups is 1. The lowest BCUT2D eigenvalue weighted by molar-refractivity contribution is 0.0817. The fourth-order valence-electron chi connectivity index (χ4n) is 9.47. The van der Waals surface area contributed by atoms with Crippen molar-refractivity contribution in [3.05, 3.63) is 122 Å². The van der Waals surface area contributed by atoms with E-state index in [-0.39, 0.29) is 31.5 Å². The van der Waals surface area contributed by atoms with Crippen LogP contribution in [0.2, 0.25) is 51.4 Å². The van der Waals surface area contributed by atoms with Crippen molar-refractivity contribution in [3.63, 3.8) is 0 Å². The van der Waals surface area contributed by atoms with Crippen molar-refractivity contribution in [2.45, 2.75) is 112 Å². The molecule has 0 aliphatic carbocycles. The van der Waals surface area contributed by atoms with E-state index in [4.69, 9.17) is 36.2 Å². The maximum absolute atomic E-state index is 8.06. The first-order chi connectivity index (χ1) is 37.8. The van der Waals surface area contributed by atoms with Crippen molar-refractivity contribution in [2.24, 2.45) is 0 Å². The fraction of sp³-hybridized carbons (Fsp3) is 0.311. The summed E-state index contributed by atoms with van der Waals surface area (Å²) in [6.07, 6.45) is 11.4. The van der Waals surface area contributed by atoms with Crippen LogP contribution in [0.4, 0.5) is 11.9 Å². The third kappa shape index (κ3) is 12.9. The Kier molecular flexibility index (Phi) is 17.2. The van der Waals surface area contributed by atoms with E-state index in [1.807, 2.05) is 34.2 Å². The maximum atomic E-state index is 8.06. The molecule has 12 aromatic rings. The van der Waals surface area contributed by atoms with Gasteiger partial charge >= 0.3 is 0 Å². The maximum Gasteiger partial charge on any atom is 0.220 e. The van der Waals surface area contributed by atoms with Crippen LogP contribution in [-0.4, -0.2) is 89.6 Å². The number of aromatic nitrogens is 10. The Labute approximate surface area is 477 Å². The molecule has 8 heterocycles. The molecule has 0 aliphatic rings. The largest absolute Gasteiger partial charge is 0.394 e. The Morgan fingerprint density at radius 2 is 1.07 bits per heavy atom. The van der Waals surface area contributed by atoms with E-state index < -0.39 is 16.1 Å². The summed E-state index contributed by atoms with van der Waals surface area (Å²) in [6.45, 7) is 24.4. The van der Waals surface area contributed by atoms with Gasteiger partial charge in [-0.05, 0) is 110 Å². The quantitative estimate of drug-likeness (QED) is 0.0563. The highest BCUT2D eigenvalue weighted by molar-refractivity contribution is 7.22. The third-order valence-electron chi connectivity index (χ3n) is 13.5. The molecule has 0 fully saturated rings. The molecule has 0 saturated heterocycles. The van der Waals surface area contributed by atoms with Gasteiger partial charge < -0.3 is 35.6 Å². The Hall–Kier alpha value is -7.11. The Morgan fingerprint density at radius 3 is 1.56 bits per heavy atom. The molecule has 12 rings (SSSR count). The molecule has 0 atom stereocenters. The van der Waals surface area contributed by atoms with Gasteiger partial charge in [0, 0.05) is 106 Å². The summed E-state index contributed by atoms with van der Waals surface area (Å²) in [5.41, 5.74) is 24.1. The molecule has 0 aliphatic heterocycles. The van der Waals surface area contributed by atoms with Crippen LogP contribution in [0.25, 0.3) is 107 Å². The highest BCUT2D eigenvalue weighted by Gasteiger charge is 2.22. The number of nitrogens with zero attached hydrogens (tertiary/aromatic N) is 9. The lowest BCUT2D eigenvalue weighted by Crippen LogP contribution is -2.22. The summed E-state index contributed by atoms with van der Waals surface area (Å²) in [5.74, 6) is 0.539. The van der Waals surface area contributed by atoms with Gasteiger partial charge in [-0.1, -0.05) is 83.1 Å². The number of nitrogens with two attached hydrogens (primary N) is 2. The van der Waals surface area contributed by atoms with Gasteiger partial charge in [-0.15, -0.1) is 22.7 Å². The lowest BCUT2D eigenvalue weighted by Gasteiger charge is -2.16. The molecular weight excluding hydrogens is 1070 g/mol. The summed E-state index contributed by atoms with van der Waals surface area (Å²) >= 11 is 3.59. The first kappa shape index (κ1) is 57.6. The number of anilines is 2. The predicted molar refractivity (Wildman–Crippen MR) is 342 cm³/mol. The molecule has 6 N–H and O–H groups in total. The number of nitrogen functional groups attached to an aromatic ring is 2. The molecule has 0 amide bonds. The number of fused-ring (bicyclic) bond motifs is 6. The molecule has 0 unspecified atom stereocenters. The highest BCUT2D eigenvalue weighted by Crippen LogP contribution is 2.43. The van der Waals surface area contributed by atoms with Crippen LogP contribution < -0.4 is 11.5 Å². The van der Waals surface area contributed by atoms with Crippen LogP contribution in [-0.2, 0) is 22.9 Å². The second-order valence-corrected chi connectivity index (χ2v) is 36.4. The summed E-state index contributed by atoms with van der Waals surface area (Å²) < 4.78 is 20.9. The second-order valence-electron chi connectivity index (χ2n) is 23.0. The van der Waals surface area contributed by atoms with Gasteiger partial charge in [-0.3, -0.25) is 0 Å². The molecule has 15 nitrogen and oxygen atoms in total. The van der Waals surface area contributed by atoms with Gasteiger partial charge in [-0.25, -0.2) is 29.3 Å². The zero-order valence-electron chi connectivity index (χ0n) is 46.7. The molecule has 8 aromatic heterocycles. The van der Waals surface area contributed by atoms with Crippen LogP contribution in [0, 0.1) is 0 Å². The average molecular weight is 1140 g/mol. The number of nitrogens with one attached hydrogen (secondary N) is 1. The van der Waals surface area contributed by atoms with Gasteiger partial charge in [0.2, 0.25) is 11.9 Å². The normalized spacial score (nSPS) is 12.1. The van der Waals surface area contributed by atoms with Crippen molar-refractivity contribution in [3.8, 4) is 43.1 Å². The van der Waals surface area contributed by atoms with Crippen LogP contribution >= 0.6 is 22.7 Å². The minimum atomic E-state index is -1.17. The molecule has 0 radical (unpaired) electrons. The Morgan fingerprint density at radius 1 is 0.600 bits per heavy atom. The van der Waals surface area contributed by atoms with E-state index in [0.717, 1.165) is 103 Å². The molecule has 0 bridgehead atoms. The van der Waals surface area contributed by atoms with Crippen molar-refractivity contribution >= 4 is 115 Å². The number of ether oxygens (including phenoxy) is 2. The number of hydrogen-bond donors (Lipinski definition) is 4. The van der Waals surface area contributed by atoms with Crippen LogP contribution in [0.3, 0.4) is 0 Å². The number of rotatable bonds is 15. The Bertz CT molecular complexity index is 4030.